The molecule has 6 heteroatoms. The molecule has 0 amide bonds. The average Bonchev–Trinajstić information content (AvgIpc) is 2.28. The fourth-order valence-electron chi connectivity index (χ4n) is 1.17. The second kappa shape index (κ2) is 5.31. The van der Waals surface area contributed by atoms with Crippen LogP contribution in [-0.2, 0) is 11.4 Å². The maximum atomic E-state index is 10.7. The standard InChI is InChI=1S/C11H12O6/c1-6(10(13)14)17-9-4-7(11(15)16)2-3-8(9)5-12/h2-4,6,12H,5H2,1H3,(H,13,14)(H,15,16). The van der Waals surface area contributed by atoms with Gasteiger partial charge in [0.2, 0.25) is 0 Å². The van der Waals surface area contributed by atoms with Crippen LogP contribution < -0.4 is 4.74 Å². The Kier molecular flexibility index (Phi) is 4.06. The molecular weight excluding hydrogens is 228 g/mol. The summed E-state index contributed by atoms with van der Waals surface area (Å²) in [6.07, 6.45) is -1.12. The number of carboxylic acids is 2. The van der Waals surface area contributed by atoms with Crippen LogP contribution in [0, 0.1) is 0 Å². The van der Waals surface area contributed by atoms with Crippen molar-refractivity contribution in [2.45, 2.75) is 19.6 Å². The number of hydrogen-bond acceptors (Lipinski definition) is 4. The Hall–Kier alpha value is -2.08. The van der Waals surface area contributed by atoms with E-state index < -0.39 is 18.0 Å². The lowest BCUT2D eigenvalue weighted by Gasteiger charge is -2.13. The third-order valence-corrected chi connectivity index (χ3v) is 2.14. The van der Waals surface area contributed by atoms with E-state index in [0.29, 0.717) is 5.56 Å². The number of ether oxygens (including phenoxy) is 1. The molecule has 1 aromatic carbocycles. The van der Waals surface area contributed by atoms with Crippen molar-refractivity contribution in [3.63, 3.8) is 0 Å². The first-order valence-electron chi connectivity index (χ1n) is 4.82. The van der Waals surface area contributed by atoms with Crippen molar-refractivity contribution in [3.8, 4) is 5.75 Å². The minimum Gasteiger partial charge on any atom is -0.479 e. The van der Waals surface area contributed by atoms with Gasteiger partial charge in [-0.15, -0.1) is 0 Å². The lowest BCUT2D eigenvalue weighted by molar-refractivity contribution is -0.144. The highest BCUT2D eigenvalue weighted by Crippen LogP contribution is 2.22. The molecule has 3 N–H and O–H groups in total. The minimum atomic E-state index is -1.17. The van der Waals surface area contributed by atoms with Gasteiger partial charge in [0.05, 0.1) is 12.2 Å². The largest absolute Gasteiger partial charge is 0.479 e. The van der Waals surface area contributed by atoms with E-state index >= 15 is 0 Å². The van der Waals surface area contributed by atoms with Gasteiger partial charge in [0, 0.05) is 5.56 Å². The van der Waals surface area contributed by atoms with Crippen LogP contribution >= 0.6 is 0 Å². The highest BCUT2D eigenvalue weighted by molar-refractivity contribution is 5.88. The van der Waals surface area contributed by atoms with Crippen LogP contribution in [0.2, 0.25) is 0 Å². The van der Waals surface area contributed by atoms with E-state index in [4.69, 9.17) is 20.1 Å². The molecule has 0 aromatic heterocycles. The zero-order chi connectivity index (χ0) is 13.0. The summed E-state index contributed by atoms with van der Waals surface area (Å²) in [6.45, 7) is 0.957. The molecule has 6 nitrogen and oxygen atoms in total. The second-order valence-electron chi connectivity index (χ2n) is 3.38. The van der Waals surface area contributed by atoms with Crippen molar-refractivity contribution in [1.29, 1.82) is 0 Å². The number of benzene rings is 1. The van der Waals surface area contributed by atoms with Gasteiger partial charge >= 0.3 is 11.9 Å². The molecule has 0 spiro atoms. The number of aliphatic hydroxyl groups is 1. The number of aliphatic carboxylic acids is 1. The highest BCUT2D eigenvalue weighted by Gasteiger charge is 2.16. The maximum Gasteiger partial charge on any atom is 0.344 e. The van der Waals surface area contributed by atoms with Gasteiger partial charge in [-0.05, 0) is 19.1 Å². The molecule has 17 heavy (non-hydrogen) atoms. The lowest BCUT2D eigenvalue weighted by Crippen LogP contribution is -2.23. The number of rotatable bonds is 5. The van der Waals surface area contributed by atoms with Gasteiger partial charge in [0.15, 0.2) is 6.10 Å². The van der Waals surface area contributed by atoms with E-state index in [9.17, 15) is 9.59 Å². The van der Waals surface area contributed by atoms with Crippen LogP contribution in [0.1, 0.15) is 22.8 Å². The van der Waals surface area contributed by atoms with Crippen LogP contribution in [0.25, 0.3) is 0 Å². The smallest absolute Gasteiger partial charge is 0.344 e. The number of carbonyl (C=O) groups is 2. The van der Waals surface area contributed by atoms with Crippen molar-refractivity contribution < 1.29 is 29.6 Å². The van der Waals surface area contributed by atoms with Crippen molar-refractivity contribution >= 4 is 11.9 Å². The number of aromatic carboxylic acids is 1. The molecule has 0 bridgehead atoms. The van der Waals surface area contributed by atoms with E-state index in [1.54, 1.807) is 0 Å². The Bertz CT molecular complexity index is 440. The Morgan fingerprint density at radius 1 is 1.35 bits per heavy atom. The zero-order valence-electron chi connectivity index (χ0n) is 9.08. The highest BCUT2D eigenvalue weighted by atomic mass is 16.5. The summed E-state index contributed by atoms with van der Waals surface area (Å²) in [5.74, 6) is -2.26. The average molecular weight is 240 g/mol. The molecular formula is C11H12O6. The fourth-order valence-corrected chi connectivity index (χ4v) is 1.17. The van der Waals surface area contributed by atoms with Gasteiger partial charge in [-0.3, -0.25) is 0 Å². The molecule has 1 rings (SSSR count). The summed E-state index contributed by atoms with van der Waals surface area (Å²) in [5.41, 5.74) is 0.304. The van der Waals surface area contributed by atoms with Gasteiger partial charge in [-0.1, -0.05) is 6.07 Å². The topological polar surface area (TPSA) is 104 Å². The Morgan fingerprint density at radius 2 is 2.00 bits per heavy atom. The van der Waals surface area contributed by atoms with Crippen LogP contribution in [-0.4, -0.2) is 33.4 Å². The maximum absolute atomic E-state index is 10.7. The van der Waals surface area contributed by atoms with Crippen molar-refractivity contribution in [2.24, 2.45) is 0 Å². The lowest BCUT2D eigenvalue weighted by atomic mass is 10.1. The first-order chi connectivity index (χ1) is 7.95. The molecule has 1 atom stereocenters. The van der Waals surface area contributed by atoms with Gasteiger partial charge < -0.3 is 20.1 Å². The molecule has 0 radical (unpaired) electrons. The summed E-state index contributed by atoms with van der Waals surface area (Å²) in [4.78, 5) is 21.4. The Balaban J connectivity index is 3.06. The predicted molar refractivity (Wildman–Crippen MR) is 57.0 cm³/mol. The fraction of sp³-hybridized carbons (Fsp3) is 0.273. The first kappa shape index (κ1) is 13.0. The summed E-state index contributed by atoms with van der Waals surface area (Å²) in [6, 6.07) is 3.88. The summed E-state index contributed by atoms with van der Waals surface area (Å²) in [7, 11) is 0. The molecule has 1 unspecified atom stereocenters. The molecule has 92 valence electrons. The van der Waals surface area contributed by atoms with Gasteiger partial charge in [-0.25, -0.2) is 9.59 Å². The van der Waals surface area contributed by atoms with Crippen molar-refractivity contribution in [3.05, 3.63) is 29.3 Å². The van der Waals surface area contributed by atoms with Gasteiger partial charge in [-0.2, -0.15) is 0 Å². The number of hydrogen-bond donors (Lipinski definition) is 3. The monoisotopic (exact) mass is 240 g/mol. The van der Waals surface area contributed by atoms with Crippen LogP contribution in [0.5, 0.6) is 5.75 Å². The minimum absolute atomic E-state index is 0.0326. The third-order valence-electron chi connectivity index (χ3n) is 2.14. The van der Waals surface area contributed by atoms with E-state index in [1.165, 1.54) is 25.1 Å². The van der Waals surface area contributed by atoms with Gasteiger partial charge in [0.1, 0.15) is 5.75 Å². The normalized spacial score (nSPS) is 11.9. The zero-order valence-corrected chi connectivity index (χ0v) is 9.08. The molecule has 0 aliphatic rings. The number of aliphatic hydroxyl groups excluding tert-OH is 1. The summed E-state index contributed by atoms with van der Waals surface area (Å²) in [5, 5.41) is 26.5. The van der Waals surface area contributed by atoms with E-state index in [-0.39, 0.29) is 17.9 Å². The third kappa shape index (κ3) is 3.18. The molecule has 0 saturated carbocycles. The quantitative estimate of drug-likeness (QED) is 0.700. The van der Waals surface area contributed by atoms with E-state index in [1.807, 2.05) is 0 Å². The van der Waals surface area contributed by atoms with Crippen LogP contribution in [0.4, 0.5) is 0 Å². The Labute approximate surface area is 97.1 Å². The summed E-state index contributed by atoms with van der Waals surface area (Å²) >= 11 is 0. The predicted octanol–water partition coefficient (Wildman–Crippen LogP) is 0.729. The van der Waals surface area contributed by atoms with Gasteiger partial charge in [0.25, 0.3) is 0 Å². The van der Waals surface area contributed by atoms with Crippen molar-refractivity contribution in [2.75, 3.05) is 0 Å². The molecule has 0 heterocycles. The molecule has 1 aromatic rings. The van der Waals surface area contributed by atoms with E-state index in [0.717, 1.165) is 0 Å². The number of carboxylic acid groups (broad SMARTS) is 2. The molecule has 0 aliphatic heterocycles. The summed E-state index contributed by atoms with van der Waals surface area (Å²) < 4.78 is 5.07. The second-order valence-corrected chi connectivity index (χ2v) is 3.38. The SMILES string of the molecule is CC(Oc1cc(C(=O)O)ccc1CO)C(=O)O. The molecule has 0 fully saturated rings. The first-order valence-corrected chi connectivity index (χ1v) is 4.82. The van der Waals surface area contributed by atoms with Crippen LogP contribution in [0.3, 0.4) is 0 Å². The van der Waals surface area contributed by atoms with Crippen molar-refractivity contribution in [1.82, 2.24) is 0 Å². The van der Waals surface area contributed by atoms with Crippen LogP contribution in [0.15, 0.2) is 18.2 Å². The molecule has 0 saturated heterocycles. The Morgan fingerprint density at radius 3 is 2.47 bits per heavy atom. The molecule has 0 aliphatic carbocycles. The van der Waals surface area contributed by atoms with E-state index in [2.05, 4.69) is 0 Å².